The average Bonchev–Trinajstić information content (AvgIpc) is 2.83. The van der Waals surface area contributed by atoms with E-state index in [9.17, 15) is 5.11 Å². The van der Waals surface area contributed by atoms with Gasteiger partial charge < -0.3 is 14.6 Å². The lowest BCUT2D eigenvalue weighted by atomic mass is 9.74. The predicted octanol–water partition coefficient (Wildman–Crippen LogP) is 1.77. The third-order valence-electron chi connectivity index (χ3n) is 5.31. The van der Waals surface area contributed by atoms with Gasteiger partial charge in [-0.15, -0.1) is 0 Å². The molecule has 1 saturated carbocycles. The zero-order chi connectivity index (χ0) is 14.7. The molecule has 4 heteroatoms. The minimum absolute atomic E-state index is 0.132. The molecule has 0 radical (unpaired) electrons. The number of methoxy groups -OCH3 is 2. The fourth-order valence-electron chi connectivity index (χ4n) is 3.84. The van der Waals surface area contributed by atoms with Crippen LogP contribution in [-0.2, 0) is 9.47 Å². The van der Waals surface area contributed by atoms with Crippen LogP contribution in [0.1, 0.15) is 33.1 Å². The van der Waals surface area contributed by atoms with Crippen LogP contribution in [0.2, 0.25) is 0 Å². The van der Waals surface area contributed by atoms with E-state index in [2.05, 4.69) is 18.7 Å². The molecule has 20 heavy (non-hydrogen) atoms. The van der Waals surface area contributed by atoms with Crippen molar-refractivity contribution in [2.45, 2.75) is 51.4 Å². The highest BCUT2D eigenvalue weighted by atomic mass is 16.5. The van der Waals surface area contributed by atoms with Crippen LogP contribution in [0.5, 0.6) is 0 Å². The van der Waals surface area contributed by atoms with Gasteiger partial charge in [-0.25, -0.2) is 0 Å². The molecule has 1 aliphatic carbocycles. The number of nitrogens with zero attached hydrogens (tertiary/aromatic N) is 1. The first-order valence-corrected chi connectivity index (χ1v) is 8.01. The van der Waals surface area contributed by atoms with Crippen LogP contribution in [0.4, 0.5) is 0 Å². The summed E-state index contributed by atoms with van der Waals surface area (Å²) in [6.45, 7) is 7.42. The zero-order valence-corrected chi connectivity index (χ0v) is 13.4. The molecular weight excluding hydrogens is 254 g/mol. The van der Waals surface area contributed by atoms with Crippen LogP contribution < -0.4 is 0 Å². The van der Waals surface area contributed by atoms with Gasteiger partial charge in [0.2, 0.25) is 0 Å². The number of aliphatic hydroxyl groups excluding tert-OH is 1. The summed E-state index contributed by atoms with van der Waals surface area (Å²) in [7, 11) is 3.51. The first-order valence-electron chi connectivity index (χ1n) is 8.01. The van der Waals surface area contributed by atoms with E-state index in [1.165, 1.54) is 6.42 Å². The highest BCUT2D eigenvalue weighted by molar-refractivity contribution is 4.89. The Morgan fingerprint density at radius 3 is 2.20 bits per heavy atom. The molecule has 1 saturated heterocycles. The van der Waals surface area contributed by atoms with Gasteiger partial charge in [-0.05, 0) is 37.0 Å². The third-order valence-corrected chi connectivity index (χ3v) is 5.31. The van der Waals surface area contributed by atoms with E-state index >= 15 is 0 Å². The van der Waals surface area contributed by atoms with E-state index < -0.39 is 0 Å². The maximum atomic E-state index is 10.3. The van der Waals surface area contributed by atoms with E-state index in [0.29, 0.717) is 5.92 Å². The summed E-state index contributed by atoms with van der Waals surface area (Å²) in [5.41, 5.74) is 0. The van der Waals surface area contributed by atoms with Crippen molar-refractivity contribution >= 4 is 0 Å². The van der Waals surface area contributed by atoms with E-state index in [4.69, 9.17) is 9.47 Å². The molecule has 0 bridgehead atoms. The summed E-state index contributed by atoms with van der Waals surface area (Å²) >= 11 is 0. The minimum Gasteiger partial charge on any atom is -0.393 e. The summed E-state index contributed by atoms with van der Waals surface area (Å²) in [6.07, 6.45) is 3.50. The minimum atomic E-state index is -0.132. The molecule has 5 atom stereocenters. The molecule has 0 aromatic carbocycles. The lowest BCUT2D eigenvalue weighted by Crippen LogP contribution is -2.39. The molecule has 2 aliphatic rings. The molecule has 1 aliphatic heterocycles. The van der Waals surface area contributed by atoms with Gasteiger partial charge in [0.15, 0.2) is 0 Å². The Morgan fingerprint density at radius 2 is 1.70 bits per heavy atom. The van der Waals surface area contributed by atoms with Gasteiger partial charge in [0.05, 0.1) is 18.3 Å². The van der Waals surface area contributed by atoms with Crippen molar-refractivity contribution < 1.29 is 14.6 Å². The van der Waals surface area contributed by atoms with Crippen molar-refractivity contribution in [3.8, 4) is 0 Å². The van der Waals surface area contributed by atoms with Gasteiger partial charge in [-0.3, -0.25) is 4.90 Å². The molecule has 0 amide bonds. The van der Waals surface area contributed by atoms with Crippen molar-refractivity contribution in [2.75, 3.05) is 33.9 Å². The van der Waals surface area contributed by atoms with E-state index in [1.54, 1.807) is 14.2 Å². The van der Waals surface area contributed by atoms with E-state index in [0.717, 1.165) is 44.3 Å². The third kappa shape index (κ3) is 3.73. The standard InChI is InChI=1S/C16H31NO3/c1-11(2)12-5-6-14(18)13(7-12)8-17-9-15(19-3)16(10-17)20-4/h11-16,18H,5-10H2,1-4H3. The van der Waals surface area contributed by atoms with Crippen molar-refractivity contribution in [1.29, 1.82) is 0 Å². The van der Waals surface area contributed by atoms with E-state index in [-0.39, 0.29) is 18.3 Å². The molecule has 0 spiro atoms. The number of ether oxygens (including phenoxy) is 2. The number of aliphatic hydroxyl groups is 1. The molecule has 2 fully saturated rings. The van der Waals surface area contributed by atoms with Crippen molar-refractivity contribution in [1.82, 2.24) is 4.90 Å². The Balaban J connectivity index is 1.88. The smallest absolute Gasteiger partial charge is 0.0971 e. The lowest BCUT2D eigenvalue weighted by molar-refractivity contribution is -0.00461. The van der Waals surface area contributed by atoms with Crippen molar-refractivity contribution in [2.24, 2.45) is 17.8 Å². The normalized spacial score (nSPS) is 39.6. The number of hydrogen-bond acceptors (Lipinski definition) is 4. The molecular formula is C16H31NO3. The molecule has 1 N–H and O–H groups in total. The summed E-state index contributed by atoms with van der Waals surface area (Å²) in [4.78, 5) is 2.40. The average molecular weight is 285 g/mol. The van der Waals surface area contributed by atoms with Crippen molar-refractivity contribution in [3.63, 3.8) is 0 Å². The molecule has 118 valence electrons. The van der Waals surface area contributed by atoms with Crippen LogP contribution in [0, 0.1) is 17.8 Å². The van der Waals surface area contributed by atoms with Crippen LogP contribution in [0.25, 0.3) is 0 Å². The van der Waals surface area contributed by atoms with E-state index in [1.807, 2.05) is 0 Å². The Morgan fingerprint density at radius 1 is 1.10 bits per heavy atom. The van der Waals surface area contributed by atoms with Gasteiger partial charge in [0, 0.05) is 33.9 Å². The quantitative estimate of drug-likeness (QED) is 0.836. The first kappa shape index (κ1) is 16.2. The maximum Gasteiger partial charge on any atom is 0.0971 e. The molecule has 1 heterocycles. The highest BCUT2D eigenvalue weighted by Crippen LogP contribution is 2.35. The van der Waals surface area contributed by atoms with Crippen LogP contribution in [0.15, 0.2) is 0 Å². The van der Waals surface area contributed by atoms with Gasteiger partial charge in [-0.1, -0.05) is 13.8 Å². The largest absolute Gasteiger partial charge is 0.393 e. The summed E-state index contributed by atoms with van der Waals surface area (Å²) < 4.78 is 11.0. The Bertz CT molecular complexity index is 285. The van der Waals surface area contributed by atoms with Gasteiger partial charge in [0.1, 0.15) is 0 Å². The first-order chi connectivity index (χ1) is 9.55. The van der Waals surface area contributed by atoms with Gasteiger partial charge in [-0.2, -0.15) is 0 Å². The Hall–Kier alpha value is -0.160. The molecule has 0 aromatic heterocycles. The van der Waals surface area contributed by atoms with Gasteiger partial charge >= 0.3 is 0 Å². The van der Waals surface area contributed by atoms with Crippen molar-refractivity contribution in [3.05, 3.63) is 0 Å². The fraction of sp³-hybridized carbons (Fsp3) is 1.00. The SMILES string of the molecule is COC1CN(CC2CC(C(C)C)CCC2O)CC1OC. The lowest BCUT2D eigenvalue weighted by Gasteiger charge is -2.37. The Kier molecular flexibility index (Phi) is 5.84. The maximum absolute atomic E-state index is 10.3. The molecule has 0 aromatic rings. The molecule has 4 nitrogen and oxygen atoms in total. The summed E-state index contributed by atoms with van der Waals surface area (Å²) in [5.74, 6) is 1.90. The second kappa shape index (κ2) is 7.21. The number of likely N-dealkylation sites (tertiary alicyclic amines) is 1. The van der Waals surface area contributed by atoms with Gasteiger partial charge in [0.25, 0.3) is 0 Å². The number of rotatable bonds is 5. The second-order valence-corrected chi connectivity index (χ2v) is 6.91. The molecule has 5 unspecified atom stereocenters. The Labute approximate surface area is 123 Å². The van der Waals surface area contributed by atoms with Crippen LogP contribution >= 0.6 is 0 Å². The molecule has 2 rings (SSSR count). The summed E-state index contributed by atoms with van der Waals surface area (Å²) in [5, 5.41) is 10.3. The highest BCUT2D eigenvalue weighted by Gasteiger charge is 2.37. The number of hydrogen-bond donors (Lipinski definition) is 1. The summed E-state index contributed by atoms with van der Waals surface area (Å²) in [6, 6.07) is 0. The second-order valence-electron chi connectivity index (χ2n) is 6.91. The van der Waals surface area contributed by atoms with Crippen LogP contribution in [0.3, 0.4) is 0 Å². The predicted molar refractivity (Wildman–Crippen MR) is 79.7 cm³/mol. The fourth-order valence-corrected chi connectivity index (χ4v) is 3.84. The zero-order valence-electron chi connectivity index (χ0n) is 13.4. The monoisotopic (exact) mass is 285 g/mol. The van der Waals surface area contributed by atoms with Crippen LogP contribution in [-0.4, -0.2) is 62.2 Å². The topological polar surface area (TPSA) is 41.9 Å².